The van der Waals surface area contributed by atoms with E-state index in [2.05, 4.69) is 0 Å². The minimum atomic E-state index is -0.651. The molecule has 2 heterocycles. The zero-order valence-corrected chi connectivity index (χ0v) is 12.3. The molecule has 0 radical (unpaired) electrons. The first-order valence-electron chi connectivity index (χ1n) is 7.43. The summed E-state index contributed by atoms with van der Waals surface area (Å²) >= 11 is 0. The van der Waals surface area contributed by atoms with Gasteiger partial charge in [-0.05, 0) is 25.0 Å². The Morgan fingerprint density at radius 1 is 1.23 bits per heavy atom. The van der Waals surface area contributed by atoms with Gasteiger partial charge in [0.1, 0.15) is 12.0 Å². The van der Waals surface area contributed by atoms with Crippen molar-refractivity contribution in [2.75, 3.05) is 7.11 Å². The molecular weight excluding hydrogens is 286 g/mol. The molecule has 1 aromatic rings. The second kappa shape index (κ2) is 6.06. The van der Waals surface area contributed by atoms with Crippen LogP contribution in [0.4, 0.5) is 0 Å². The maximum absolute atomic E-state index is 12.2. The van der Waals surface area contributed by atoms with Gasteiger partial charge in [-0.2, -0.15) is 5.06 Å². The quantitative estimate of drug-likeness (QED) is 0.855. The number of hydroxylamine groups is 2. The van der Waals surface area contributed by atoms with Crippen LogP contribution in [0.2, 0.25) is 0 Å². The normalized spacial score (nSPS) is 30.8. The average molecular weight is 305 g/mol. The molecule has 0 spiro atoms. The van der Waals surface area contributed by atoms with Gasteiger partial charge in [-0.1, -0.05) is 18.2 Å². The van der Waals surface area contributed by atoms with Gasteiger partial charge in [0.25, 0.3) is 0 Å². The summed E-state index contributed by atoms with van der Waals surface area (Å²) in [5, 5.41) is 11.3. The molecule has 1 N–H and O–H groups in total. The Bertz CT molecular complexity index is 561. The van der Waals surface area contributed by atoms with Crippen molar-refractivity contribution in [1.82, 2.24) is 5.06 Å². The molecule has 0 amide bonds. The molecule has 4 unspecified atom stereocenters. The van der Waals surface area contributed by atoms with E-state index in [-0.39, 0.29) is 12.1 Å². The van der Waals surface area contributed by atoms with Crippen molar-refractivity contribution < 1.29 is 24.3 Å². The van der Waals surface area contributed by atoms with E-state index in [0.717, 1.165) is 6.42 Å². The van der Waals surface area contributed by atoms with Crippen LogP contribution in [0.3, 0.4) is 0 Å². The molecule has 4 atom stereocenters. The third-order valence-corrected chi connectivity index (χ3v) is 4.57. The number of hydrogen-bond donors (Lipinski definition) is 1. The van der Waals surface area contributed by atoms with Crippen molar-refractivity contribution in [3.05, 3.63) is 35.9 Å². The van der Waals surface area contributed by atoms with Gasteiger partial charge >= 0.3 is 11.9 Å². The van der Waals surface area contributed by atoms with Crippen LogP contribution in [0.5, 0.6) is 0 Å². The van der Waals surface area contributed by atoms with Crippen LogP contribution in [-0.4, -0.2) is 47.5 Å². The van der Waals surface area contributed by atoms with E-state index in [4.69, 9.17) is 9.47 Å². The van der Waals surface area contributed by atoms with Gasteiger partial charge in [-0.25, -0.2) is 4.79 Å². The summed E-state index contributed by atoms with van der Waals surface area (Å²) in [6.45, 7) is 0. The fraction of sp³-hybridized carbons (Fsp3) is 0.500. The number of fused-ring (bicyclic) bond motifs is 2. The minimum absolute atomic E-state index is 0.0699. The summed E-state index contributed by atoms with van der Waals surface area (Å²) in [6, 6.07) is 8.26. The molecule has 3 rings (SSSR count). The maximum Gasteiger partial charge on any atom is 0.338 e. The van der Waals surface area contributed by atoms with Gasteiger partial charge in [-0.3, -0.25) is 4.79 Å². The number of rotatable bonds is 3. The van der Waals surface area contributed by atoms with Gasteiger partial charge in [0, 0.05) is 12.5 Å². The van der Waals surface area contributed by atoms with E-state index in [9.17, 15) is 14.8 Å². The zero-order valence-electron chi connectivity index (χ0n) is 12.3. The Morgan fingerprint density at radius 3 is 2.64 bits per heavy atom. The van der Waals surface area contributed by atoms with E-state index in [0.29, 0.717) is 18.4 Å². The summed E-state index contributed by atoms with van der Waals surface area (Å²) in [5.41, 5.74) is 0.449. The molecule has 2 aliphatic rings. The number of carbonyl (C=O) groups is 2. The Hall–Kier alpha value is -1.92. The molecule has 22 heavy (non-hydrogen) atoms. The van der Waals surface area contributed by atoms with Gasteiger partial charge in [0.05, 0.1) is 18.7 Å². The SMILES string of the molecule is COC(=O)C1C(OC(=O)c2ccccc2)CC2CCC1N2O. The van der Waals surface area contributed by atoms with E-state index in [1.807, 2.05) is 6.07 Å². The van der Waals surface area contributed by atoms with Crippen molar-refractivity contribution in [3.63, 3.8) is 0 Å². The third kappa shape index (κ3) is 2.60. The lowest BCUT2D eigenvalue weighted by atomic mass is 9.88. The molecule has 6 heteroatoms. The maximum atomic E-state index is 12.2. The number of esters is 2. The number of methoxy groups -OCH3 is 1. The van der Waals surface area contributed by atoms with Crippen molar-refractivity contribution in [3.8, 4) is 0 Å². The summed E-state index contributed by atoms with van der Waals surface area (Å²) in [6.07, 6.45) is 1.35. The van der Waals surface area contributed by atoms with E-state index in [1.54, 1.807) is 24.3 Å². The second-order valence-electron chi connectivity index (χ2n) is 5.77. The summed E-state index contributed by atoms with van der Waals surface area (Å²) in [7, 11) is 1.31. The highest BCUT2D eigenvalue weighted by molar-refractivity contribution is 5.89. The van der Waals surface area contributed by atoms with Gasteiger partial charge in [0.15, 0.2) is 0 Å². The van der Waals surface area contributed by atoms with Gasteiger partial charge in [0.2, 0.25) is 0 Å². The second-order valence-corrected chi connectivity index (χ2v) is 5.77. The third-order valence-electron chi connectivity index (χ3n) is 4.57. The van der Waals surface area contributed by atoms with Crippen molar-refractivity contribution in [2.24, 2.45) is 5.92 Å². The van der Waals surface area contributed by atoms with Crippen LogP contribution >= 0.6 is 0 Å². The fourth-order valence-electron chi connectivity index (χ4n) is 3.48. The Morgan fingerprint density at radius 2 is 1.95 bits per heavy atom. The van der Waals surface area contributed by atoms with Gasteiger partial charge < -0.3 is 14.7 Å². The Labute approximate surface area is 128 Å². The molecule has 2 bridgehead atoms. The highest BCUT2D eigenvalue weighted by Crippen LogP contribution is 2.40. The molecule has 0 aliphatic carbocycles. The zero-order chi connectivity index (χ0) is 15.7. The predicted octanol–water partition coefficient (Wildman–Crippen LogP) is 1.63. The van der Waals surface area contributed by atoms with Gasteiger partial charge in [-0.15, -0.1) is 0 Å². The highest BCUT2D eigenvalue weighted by atomic mass is 16.6. The molecule has 2 aliphatic heterocycles. The number of hydrogen-bond acceptors (Lipinski definition) is 6. The molecule has 0 saturated carbocycles. The molecule has 6 nitrogen and oxygen atoms in total. The Kier molecular flexibility index (Phi) is 4.13. The van der Waals surface area contributed by atoms with Crippen LogP contribution in [0.25, 0.3) is 0 Å². The molecule has 2 fully saturated rings. The number of nitrogens with zero attached hydrogens (tertiary/aromatic N) is 1. The average Bonchev–Trinajstić information content (AvgIpc) is 2.78. The molecule has 118 valence electrons. The van der Waals surface area contributed by atoms with Crippen molar-refractivity contribution in [2.45, 2.75) is 37.5 Å². The van der Waals surface area contributed by atoms with Crippen LogP contribution < -0.4 is 0 Å². The number of benzene rings is 1. The topological polar surface area (TPSA) is 76.1 Å². The molecule has 0 aromatic heterocycles. The van der Waals surface area contributed by atoms with E-state index in [1.165, 1.54) is 12.2 Å². The molecule has 2 saturated heterocycles. The summed E-state index contributed by atoms with van der Waals surface area (Å²) in [4.78, 5) is 24.3. The number of ether oxygens (including phenoxy) is 2. The first-order chi connectivity index (χ1) is 10.6. The molecular formula is C16H19NO5. The largest absolute Gasteiger partial charge is 0.469 e. The van der Waals surface area contributed by atoms with E-state index < -0.39 is 24.0 Å². The summed E-state index contributed by atoms with van der Waals surface area (Å²) < 4.78 is 10.4. The molecule has 1 aromatic carbocycles. The number of carbonyl (C=O) groups excluding carboxylic acids is 2. The van der Waals surface area contributed by atoms with Crippen molar-refractivity contribution >= 4 is 11.9 Å². The summed E-state index contributed by atoms with van der Waals surface area (Å²) in [5.74, 6) is -1.55. The minimum Gasteiger partial charge on any atom is -0.469 e. The standard InChI is InChI=1S/C16H19NO5/c1-21-16(19)14-12-8-7-11(17(12)20)9-13(14)22-15(18)10-5-3-2-4-6-10/h2-6,11-14,20H,7-9H2,1H3. The Balaban J connectivity index is 1.79. The highest BCUT2D eigenvalue weighted by Gasteiger charge is 2.52. The van der Waals surface area contributed by atoms with Crippen LogP contribution in [0, 0.1) is 5.92 Å². The van der Waals surface area contributed by atoms with Crippen molar-refractivity contribution in [1.29, 1.82) is 0 Å². The fourth-order valence-corrected chi connectivity index (χ4v) is 3.48. The van der Waals surface area contributed by atoms with E-state index >= 15 is 0 Å². The lowest BCUT2D eigenvalue weighted by Crippen LogP contribution is -2.53. The lowest BCUT2D eigenvalue weighted by molar-refractivity contribution is -0.200. The van der Waals surface area contributed by atoms with Crippen LogP contribution in [0.15, 0.2) is 30.3 Å². The van der Waals surface area contributed by atoms with Crippen LogP contribution in [-0.2, 0) is 14.3 Å². The predicted molar refractivity (Wildman–Crippen MR) is 76.2 cm³/mol. The monoisotopic (exact) mass is 305 g/mol. The first-order valence-corrected chi connectivity index (χ1v) is 7.43. The smallest absolute Gasteiger partial charge is 0.338 e. The van der Waals surface area contributed by atoms with Crippen LogP contribution in [0.1, 0.15) is 29.6 Å². The first kappa shape index (κ1) is 15.0. The lowest BCUT2D eigenvalue weighted by Gasteiger charge is -2.39. The number of piperidine rings is 1.